The molecule has 0 saturated heterocycles. The van der Waals surface area contributed by atoms with Gasteiger partial charge in [0.15, 0.2) is 17.3 Å². The molecule has 1 aromatic carbocycles. The van der Waals surface area contributed by atoms with E-state index in [4.69, 9.17) is 4.98 Å². The number of pyridine rings is 1. The SMILES string of the molecule is CC(C)n1ncc2c(C(=O)Nc3ccc(F)c(F)c3)cc(C3CC3)nc21. The lowest BCUT2D eigenvalue weighted by atomic mass is 10.1. The smallest absolute Gasteiger partial charge is 0.256 e. The normalized spacial score (nSPS) is 14.2. The molecule has 2 heterocycles. The van der Waals surface area contributed by atoms with Gasteiger partial charge in [-0.15, -0.1) is 0 Å². The minimum atomic E-state index is -1.01. The van der Waals surface area contributed by atoms with Crippen LogP contribution in [0.2, 0.25) is 0 Å². The van der Waals surface area contributed by atoms with Crippen molar-refractivity contribution >= 4 is 22.6 Å². The molecule has 0 spiro atoms. The van der Waals surface area contributed by atoms with Crippen LogP contribution >= 0.6 is 0 Å². The summed E-state index contributed by atoms with van der Waals surface area (Å²) in [4.78, 5) is 17.5. The van der Waals surface area contributed by atoms with Gasteiger partial charge in [-0.2, -0.15) is 5.10 Å². The molecule has 1 aliphatic carbocycles. The first-order valence-electron chi connectivity index (χ1n) is 8.58. The third kappa shape index (κ3) is 2.94. The minimum Gasteiger partial charge on any atom is -0.322 e. The van der Waals surface area contributed by atoms with Crippen molar-refractivity contribution in [3.05, 3.63) is 53.4 Å². The molecule has 2 aromatic heterocycles. The second-order valence-electron chi connectivity index (χ2n) is 6.87. The highest BCUT2D eigenvalue weighted by molar-refractivity contribution is 6.12. The van der Waals surface area contributed by atoms with Gasteiger partial charge in [0.05, 0.1) is 17.1 Å². The van der Waals surface area contributed by atoms with Gasteiger partial charge in [-0.25, -0.2) is 18.4 Å². The van der Waals surface area contributed by atoms with Crippen LogP contribution in [0, 0.1) is 11.6 Å². The number of nitrogens with zero attached hydrogens (tertiary/aromatic N) is 3. The van der Waals surface area contributed by atoms with Crippen molar-refractivity contribution in [1.29, 1.82) is 0 Å². The number of anilines is 1. The minimum absolute atomic E-state index is 0.108. The highest BCUT2D eigenvalue weighted by Gasteiger charge is 2.28. The first-order chi connectivity index (χ1) is 12.4. The lowest BCUT2D eigenvalue weighted by molar-refractivity contribution is 0.102. The maximum absolute atomic E-state index is 13.4. The summed E-state index contributed by atoms with van der Waals surface area (Å²) in [7, 11) is 0. The molecule has 134 valence electrons. The number of fused-ring (bicyclic) bond motifs is 1. The maximum Gasteiger partial charge on any atom is 0.256 e. The number of carbonyl (C=O) groups excluding carboxylic acids is 1. The van der Waals surface area contributed by atoms with Crippen molar-refractivity contribution in [2.45, 2.75) is 38.6 Å². The van der Waals surface area contributed by atoms with Crippen LogP contribution in [0.25, 0.3) is 11.0 Å². The molecule has 0 atom stereocenters. The van der Waals surface area contributed by atoms with Gasteiger partial charge in [-0.05, 0) is 44.9 Å². The Hall–Kier alpha value is -2.83. The average Bonchev–Trinajstić information content (AvgIpc) is 3.36. The number of rotatable bonds is 4. The number of hydrogen-bond acceptors (Lipinski definition) is 3. The number of hydrogen-bond donors (Lipinski definition) is 1. The van der Waals surface area contributed by atoms with Gasteiger partial charge in [-0.1, -0.05) is 0 Å². The van der Waals surface area contributed by atoms with Crippen molar-refractivity contribution in [3.8, 4) is 0 Å². The Morgan fingerprint density at radius 3 is 2.65 bits per heavy atom. The van der Waals surface area contributed by atoms with Crippen LogP contribution in [0.4, 0.5) is 14.5 Å². The predicted octanol–water partition coefficient (Wildman–Crippen LogP) is 4.42. The van der Waals surface area contributed by atoms with Gasteiger partial charge >= 0.3 is 0 Å². The van der Waals surface area contributed by atoms with Gasteiger partial charge in [0.25, 0.3) is 5.91 Å². The number of amides is 1. The fourth-order valence-corrected chi connectivity index (χ4v) is 2.96. The first-order valence-corrected chi connectivity index (χ1v) is 8.58. The van der Waals surface area contributed by atoms with E-state index in [2.05, 4.69) is 10.4 Å². The topological polar surface area (TPSA) is 59.8 Å². The molecule has 0 unspecified atom stereocenters. The Morgan fingerprint density at radius 1 is 1.23 bits per heavy atom. The zero-order valence-corrected chi connectivity index (χ0v) is 14.5. The summed E-state index contributed by atoms with van der Waals surface area (Å²) in [6.45, 7) is 4.00. The van der Waals surface area contributed by atoms with E-state index in [0.717, 1.165) is 30.7 Å². The van der Waals surface area contributed by atoms with E-state index in [-0.39, 0.29) is 11.7 Å². The second kappa shape index (κ2) is 6.16. The first kappa shape index (κ1) is 16.6. The summed E-state index contributed by atoms with van der Waals surface area (Å²) < 4.78 is 28.3. The van der Waals surface area contributed by atoms with Crippen LogP contribution < -0.4 is 5.32 Å². The van der Waals surface area contributed by atoms with Crippen LogP contribution in [0.15, 0.2) is 30.5 Å². The fraction of sp³-hybridized carbons (Fsp3) is 0.316. The Balaban J connectivity index is 1.76. The molecule has 0 radical (unpaired) electrons. The fourth-order valence-electron chi connectivity index (χ4n) is 2.96. The van der Waals surface area contributed by atoms with E-state index in [1.54, 1.807) is 16.9 Å². The molecule has 4 rings (SSSR count). The number of halogens is 2. The van der Waals surface area contributed by atoms with Gasteiger partial charge < -0.3 is 5.32 Å². The number of benzene rings is 1. The van der Waals surface area contributed by atoms with Crippen LogP contribution in [0.1, 0.15) is 54.7 Å². The van der Waals surface area contributed by atoms with Crippen LogP contribution in [-0.4, -0.2) is 20.7 Å². The van der Waals surface area contributed by atoms with Crippen LogP contribution in [0.3, 0.4) is 0 Å². The lowest BCUT2D eigenvalue weighted by Crippen LogP contribution is -2.14. The van der Waals surface area contributed by atoms with Gasteiger partial charge in [0, 0.05) is 29.4 Å². The molecule has 26 heavy (non-hydrogen) atoms. The van der Waals surface area contributed by atoms with Crippen LogP contribution in [0.5, 0.6) is 0 Å². The second-order valence-corrected chi connectivity index (χ2v) is 6.87. The van der Waals surface area contributed by atoms with Crippen molar-refractivity contribution in [2.24, 2.45) is 0 Å². The average molecular weight is 356 g/mol. The molecule has 5 nitrogen and oxygen atoms in total. The van der Waals surface area contributed by atoms with Gasteiger partial charge in [0.1, 0.15) is 0 Å². The zero-order valence-electron chi connectivity index (χ0n) is 14.5. The Labute approximate surface area is 149 Å². The van der Waals surface area contributed by atoms with Crippen molar-refractivity contribution < 1.29 is 13.6 Å². The number of aromatic nitrogens is 3. The zero-order chi connectivity index (χ0) is 18.4. The van der Waals surface area contributed by atoms with Crippen molar-refractivity contribution in [1.82, 2.24) is 14.8 Å². The third-order valence-electron chi connectivity index (χ3n) is 4.49. The van der Waals surface area contributed by atoms with E-state index < -0.39 is 17.5 Å². The van der Waals surface area contributed by atoms with E-state index in [0.29, 0.717) is 22.5 Å². The summed E-state index contributed by atoms with van der Waals surface area (Å²) >= 11 is 0. The molecular weight excluding hydrogens is 338 g/mol. The highest BCUT2D eigenvalue weighted by Crippen LogP contribution is 2.40. The monoisotopic (exact) mass is 356 g/mol. The summed E-state index contributed by atoms with van der Waals surface area (Å²) in [6.07, 6.45) is 3.73. The number of nitrogens with one attached hydrogen (secondary N) is 1. The Morgan fingerprint density at radius 2 is 2.00 bits per heavy atom. The Bertz CT molecular complexity index is 1010. The highest BCUT2D eigenvalue weighted by atomic mass is 19.2. The third-order valence-corrected chi connectivity index (χ3v) is 4.49. The van der Waals surface area contributed by atoms with Crippen LogP contribution in [-0.2, 0) is 0 Å². The quantitative estimate of drug-likeness (QED) is 0.753. The standard InChI is InChI=1S/C19H18F2N4O/c1-10(2)25-18-14(9-22-25)13(8-17(24-18)11-3-4-11)19(26)23-12-5-6-15(20)16(21)7-12/h5-11H,3-4H2,1-2H3,(H,23,26). The van der Waals surface area contributed by atoms with Gasteiger partial charge in [-0.3, -0.25) is 4.79 Å². The van der Waals surface area contributed by atoms with E-state index in [9.17, 15) is 13.6 Å². The number of carbonyl (C=O) groups is 1. The lowest BCUT2D eigenvalue weighted by Gasteiger charge is -2.11. The molecule has 7 heteroatoms. The summed E-state index contributed by atoms with van der Waals surface area (Å²) in [5, 5.41) is 7.63. The Kier molecular flexibility index (Phi) is 3.94. The molecule has 1 amide bonds. The molecular formula is C19H18F2N4O. The molecule has 1 N–H and O–H groups in total. The van der Waals surface area contributed by atoms with E-state index in [1.807, 2.05) is 13.8 Å². The molecule has 3 aromatic rings. The molecule has 1 aliphatic rings. The summed E-state index contributed by atoms with van der Waals surface area (Å²) in [6, 6.07) is 5.16. The van der Waals surface area contributed by atoms with Crippen molar-refractivity contribution in [3.63, 3.8) is 0 Å². The largest absolute Gasteiger partial charge is 0.322 e. The maximum atomic E-state index is 13.4. The molecule has 0 aliphatic heterocycles. The van der Waals surface area contributed by atoms with E-state index >= 15 is 0 Å². The van der Waals surface area contributed by atoms with Crippen molar-refractivity contribution in [2.75, 3.05) is 5.32 Å². The molecule has 1 fully saturated rings. The molecule has 1 saturated carbocycles. The van der Waals surface area contributed by atoms with Gasteiger partial charge in [0.2, 0.25) is 0 Å². The molecule has 0 bridgehead atoms. The van der Waals surface area contributed by atoms with E-state index in [1.165, 1.54) is 6.07 Å². The summed E-state index contributed by atoms with van der Waals surface area (Å²) in [5.74, 6) is -1.99. The summed E-state index contributed by atoms with van der Waals surface area (Å²) in [5.41, 5.74) is 2.17. The predicted molar refractivity (Wildman–Crippen MR) is 94.2 cm³/mol.